The Morgan fingerprint density at radius 2 is 1.73 bits per heavy atom. The van der Waals surface area contributed by atoms with Crippen LogP contribution in [0.2, 0.25) is 0 Å². The van der Waals surface area contributed by atoms with Gasteiger partial charge in [0.15, 0.2) is 0 Å². The van der Waals surface area contributed by atoms with E-state index in [-0.39, 0.29) is 16.9 Å². The quantitative estimate of drug-likeness (QED) is 0.573. The lowest BCUT2D eigenvalue weighted by atomic mass is 9.49. The molecule has 7 rings (SSSR count). The van der Waals surface area contributed by atoms with Crippen molar-refractivity contribution in [3.63, 3.8) is 0 Å². The highest BCUT2D eigenvalue weighted by Gasteiger charge is 2.51. The molecule has 4 fully saturated rings. The summed E-state index contributed by atoms with van der Waals surface area (Å²) in [4.78, 5) is 30.6. The summed E-state index contributed by atoms with van der Waals surface area (Å²) >= 11 is 0. The number of aromatic nitrogens is 2. The van der Waals surface area contributed by atoms with Crippen LogP contribution in [0.15, 0.2) is 59.7 Å². The molecule has 170 valence electrons. The van der Waals surface area contributed by atoms with Crippen molar-refractivity contribution in [3.05, 3.63) is 70.9 Å². The van der Waals surface area contributed by atoms with Crippen molar-refractivity contribution >= 4 is 22.4 Å². The summed E-state index contributed by atoms with van der Waals surface area (Å²) in [5, 5.41) is 4.63. The summed E-state index contributed by atoms with van der Waals surface area (Å²) in [6.45, 7) is 0.578. The number of benzene rings is 1. The number of nitrogens with one attached hydrogen (secondary N) is 1. The van der Waals surface area contributed by atoms with Crippen LogP contribution in [0.1, 0.15) is 50.6 Å². The fourth-order valence-electron chi connectivity index (χ4n) is 7.43. The molecule has 4 bridgehead atoms. The normalized spacial score (nSPS) is 27.7. The maximum atomic E-state index is 13.2. The van der Waals surface area contributed by atoms with Crippen LogP contribution in [0.5, 0.6) is 0 Å². The zero-order valence-corrected chi connectivity index (χ0v) is 19.0. The fourth-order valence-corrected chi connectivity index (χ4v) is 7.43. The van der Waals surface area contributed by atoms with Gasteiger partial charge in [0.05, 0.1) is 0 Å². The van der Waals surface area contributed by atoms with Gasteiger partial charge in [-0.25, -0.2) is 0 Å². The van der Waals surface area contributed by atoms with E-state index in [1.165, 1.54) is 38.5 Å². The minimum atomic E-state index is -0.0272. The van der Waals surface area contributed by atoms with Gasteiger partial charge >= 0.3 is 0 Å². The van der Waals surface area contributed by atoms with Crippen LogP contribution >= 0.6 is 0 Å². The Hall–Kier alpha value is -2.95. The minimum Gasteiger partial charge on any atom is -0.325 e. The maximum absolute atomic E-state index is 13.2. The summed E-state index contributed by atoms with van der Waals surface area (Å²) in [6, 6.07) is 13.4. The highest BCUT2D eigenvalue weighted by Crippen LogP contribution is 2.61. The number of pyridine rings is 2. The predicted molar refractivity (Wildman–Crippen MR) is 130 cm³/mol. The average Bonchev–Trinajstić information content (AvgIpc) is 2.78. The molecular weight excluding hydrogens is 410 g/mol. The third-order valence-corrected chi connectivity index (χ3v) is 8.33. The van der Waals surface area contributed by atoms with Gasteiger partial charge in [0.1, 0.15) is 0 Å². The minimum absolute atomic E-state index is 0.0272. The monoisotopic (exact) mass is 441 g/mol. The lowest BCUT2D eigenvalue weighted by molar-refractivity contribution is -0.124. The van der Waals surface area contributed by atoms with Gasteiger partial charge in [-0.2, -0.15) is 0 Å². The van der Waals surface area contributed by atoms with Crippen LogP contribution < -0.4 is 10.9 Å². The maximum Gasteiger partial charge on any atom is 0.258 e. The van der Waals surface area contributed by atoms with Gasteiger partial charge in [-0.3, -0.25) is 14.6 Å². The summed E-state index contributed by atoms with van der Waals surface area (Å²) in [5.41, 5.74) is 1.90. The molecule has 5 heteroatoms. The lowest BCUT2D eigenvalue weighted by Gasteiger charge is -2.56. The van der Waals surface area contributed by atoms with Crippen molar-refractivity contribution in [1.82, 2.24) is 9.55 Å². The van der Waals surface area contributed by atoms with Gasteiger partial charge in [0, 0.05) is 53.9 Å². The summed E-state index contributed by atoms with van der Waals surface area (Å²) in [6.07, 6.45) is 12.8. The van der Waals surface area contributed by atoms with E-state index in [0.29, 0.717) is 24.8 Å². The molecule has 0 saturated heterocycles. The van der Waals surface area contributed by atoms with Crippen LogP contribution in [0.25, 0.3) is 10.8 Å². The number of anilines is 1. The highest BCUT2D eigenvalue weighted by molar-refractivity contribution is 6.02. The lowest BCUT2D eigenvalue weighted by Crippen LogP contribution is -2.47. The molecule has 0 aliphatic heterocycles. The number of hydrogen-bond donors (Lipinski definition) is 1. The third-order valence-electron chi connectivity index (χ3n) is 8.33. The molecule has 2 heterocycles. The van der Waals surface area contributed by atoms with Crippen molar-refractivity contribution < 1.29 is 4.79 Å². The van der Waals surface area contributed by atoms with Crippen molar-refractivity contribution in [2.45, 2.75) is 57.9 Å². The zero-order chi connectivity index (χ0) is 22.4. The van der Waals surface area contributed by atoms with E-state index in [9.17, 15) is 9.59 Å². The van der Waals surface area contributed by atoms with Crippen LogP contribution in [-0.2, 0) is 17.8 Å². The zero-order valence-electron chi connectivity index (χ0n) is 19.0. The van der Waals surface area contributed by atoms with E-state index in [2.05, 4.69) is 10.3 Å². The van der Waals surface area contributed by atoms with Crippen LogP contribution in [-0.4, -0.2) is 15.5 Å². The molecule has 4 saturated carbocycles. The molecule has 0 spiro atoms. The number of rotatable bonds is 6. The van der Waals surface area contributed by atoms with E-state index >= 15 is 0 Å². The van der Waals surface area contributed by atoms with Crippen molar-refractivity contribution in [2.75, 3.05) is 5.32 Å². The summed E-state index contributed by atoms with van der Waals surface area (Å²) in [7, 11) is 0. The number of fused-ring (bicyclic) bond motifs is 1. The molecule has 0 atom stereocenters. The molecule has 0 unspecified atom stereocenters. The topological polar surface area (TPSA) is 64.0 Å². The molecule has 1 N–H and O–H groups in total. The molecule has 5 nitrogen and oxygen atoms in total. The van der Waals surface area contributed by atoms with Crippen molar-refractivity contribution in [3.8, 4) is 0 Å². The Bertz CT molecular complexity index is 1210. The van der Waals surface area contributed by atoms with E-state index in [1.54, 1.807) is 10.8 Å². The second-order valence-electron chi connectivity index (χ2n) is 10.8. The van der Waals surface area contributed by atoms with Crippen LogP contribution in [0, 0.1) is 23.2 Å². The highest BCUT2D eigenvalue weighted by atomic mass is 16.1. The molecule has 33 heavy (non-hydrogen) atoms. The van der Waals surface area contributed by atoms with Crippen LogP contribution in [0.3, 0.4) is 0 Å². The average molecular weight is 442 g/mol. The standard InChI is InChI=1S/C28H31N3O2/c32-26(18-28-15-19-12-20(16-28)14-21(13-19)17-28)30-25-6-3-5-24-23(25)8-11-31(27(24)33)10-7-22-4-1-2-9-29-22/h1-6,8-9,11,19-21H,7,10,12-18H2,(H,30,32). The largest absolute Gasteiger partial charge is 0.325 e. The first-order valence-electron chi connectivity index (χ1n) is 12.4. The Balaban J connectivity index is 1.19. The predicted octanol–water partition coefficient (Wildman–Crippen LogP) is 5.18. The first-order chi connectivity index (χ1) is 16.1. The smallest absolute Gasteiger partial charge is 0.258 e. The SMILES string of the molecule is O=C(CC12CC3CC(CC(C3)C1)C2)Nc1cccc2c(=O)n(CCc3ccccn3)ccc12. The Labute approximate surface area is 194 Å². The van der Waals surface area contributed by atoms with Gasteiger partial charge in [0.25, 0.3) is 5.56 Å². The number of nitrogens with zero attached hydrogens (tertiary/aromatic N) is 2. The van der Waals surface area contributed by atoms with Crippen molar-refractivity contribution in [2.24, 2.45) is 23.2 Å². The number of carbonyl (C=O) groups excluding carboxylic acids is 1. The number of aryl methyl sites for hydroxylation is 2. The first-order valence-corrected chi connectivity index (χ1v) is 12.4. The second-order valence-corrected chi connectivity index (χ2v) is 10.8. The second kappa shape index (κ2) is 8.12. The van der Waals surface area contributed by atoms with Crippen LogP contribution in [0.4, 0.5) is 5.69 Å². The van der Waals surface area contributed by atoms with Gasteiger partial charge in [-0.05, 0) is 92.0 Å². The van der Waals surface area contributed by atoms with E-state index < -0.39 is 0 Å². The van der Waals surface area contributed by atoms with Gasteiger partial charge in [0.2, 0.25) is 5.91 Å². The Morgan fingerprint density at radius 1 is 0.970 bits per heavy atom. The molecule has 3 aromatic rings. The number of carbonyl (C=O) groups is 1. The molecule has 1 amide bonds. The molecular formula is C28H31N3O2. The summed E-state index contributed by atoms with van der Waals surface area (Å²) in [5.74, 6) is 2.62. The van der Waals surface area contributed by atoms with E-state index in [4.69, 9.17) is 0 Å². The van der Waals surface area contributed by atoms with Gasteiger partial charge in [-0.1, -0.05) is 12.1 Å². The molecule has 1 aromatic carbocycles. The molecule has 0 radical (unpaired) electrons. The molecule has 4 aliphatic carbocycles. The molecule has 4 aliphatic rings. The van der Waals surface area contributed by atoms with Gasteiger partial charge < -0.3 is 9.88 Å². The number of hydrogen-bond acceptors (Lipinski definition) is 3. The first kappa shape index (κ1) is 20.6. The molecule has 2 aromatic heterocycles. The van der Waals surface area contributed by atoms with Crippen molar-refractivity contribution in [1.29, 1.82) is 0 Å². The Kier molecular flexibility index (Phi) is 5.08. The fraction of sp³-hybridized carbons (Fsp3) is 0.464. The van der Waals surface area contributed by atoms with Gasteiger partial charge in [-0.15, -0.1) is 0 Å². The van der Waals surface area contributed by atoms with E-state index in [0.717, 1.165) is 34.5 Å². The number of amides is 1. The Morgan fingerprint density at radius 3 is 2.42 bits per heavy atom. The summed E-state index contributed by atoms with van der Waals surface area (Å²) < 4.78 is 1.73. The van der Waals surface area contributed by atoms with E-state index in [1.807, 2.05) is 48.7 Å². The third kappa shape index (κ3) is 3.98.